The molecule has 5 aromatic rings. The monoisotopic (exact) mass is 448 g/mol. The van der Waals surface area contributed by atoms with Crippen LogP contribution in [0.15, 0.2) is 83.1 Å². The Morgan fingerprint density at radius 2 is 1.94 bits per heavy atom. The average Bonchev–Trinajstić information content (AvgIpc) is 3.58. The van der Waals surface area contributed by atoms with Crippen LogP contribution in [0.3, 0.4) is 0 Å². The summed E-state index contributed by atoms with van der Waals surface area (Å²) < 4.78 is 15.6. The Hall–Kier alpha value is -4.77. The number of hydrogen-bond donors (Lipinski definition) is 1. The number of benzene rings is 2. The molecule has 0 bridgehead atoms. The zero-order chi connectivity index (χ0) is 23.4. The third-order valence-electron chi connectivity index (χ3n) is 6.13. The molecule has 0 aliphatic carbocycles. The number of hydrogen-bond acceptors (Lipinski definition) is 6. The first-order valence-corrected chi connectivity index (χ1v) is 10.8. The van der Waals surface area contributed by atoms with Crippen molar-refractivity contribution in [2.45, 2.75) is 12.8 Å². The minimum atomic E-state index is -0.454. The summed E-state index contributed by atoms with van der Waals surface area (Å²) in [7, 11) is 1.79. The second-order valence-electron chi connectivity index (χ2n) is 8.33. The van der Waals surface area contributed by atoms with Crippen LogP contribution in [0.25, 0.3) is 28.1 Å². The van der Waals surface area contributed by atoms with Crippen LogP contribution in [0.1, 0.15) is 22.6 Å². The van der Waals surface area contributed by atoms with Gasteiger partial charge in [-0.05, 0) is 42.8 Å². The Labute approximate surface area is 195 Å². The lowest BCUT2D eigenvalue weighted by Gasteiger charge is -2.24. The highest BCUT2D eigenvalue weighted by Crippen LogP contribution is 2.47. The summed E-state index contributed by atoms with van der Waals surface area (Å²) in [5, 5.41) is 15.7. The van der Waals surface area contributed by atoms with Crippen molar-refractivity contribution in [3.8, 4) is 29.1 Å². The Balaban J connectivity index is 1.54. The van der Waals surface area contributed by atoms with Crippen molar-refractivity contribution in [2.75, 3.05) is 0 Å². The van der Waals surface area contributed by atoms with Gasteiger partial charge < -0.3 is 19.5 Å². The lowest BCUT2D eigenvalue weighted by atomic mass is 9.83. The van der Waals surface area contributed by atoms with Crippen LogP contribution in [-0.2, 0) is 7.05 Å². The molecule has 0 amide bonds. The number of ether oxygens (including phenoxy) is 1. The van der Waals surface area contributed by atoms with Gasteiger partial charge in [-0.15, -0.1) is 0 Å². The second-order valence-corrected chi connectivity index (χ2v) is 8.33. The number of nitrogens with two attached hydrogens (primary N) is 1. The van der Waals surface area contributed by atoms with Crippen molar-refractivity contribution >= 4 is 11.0 Å². The first-order chi connectivity index (χ1) is 16.5. The van der Waals surface area contributed by atoms with Crippen molar-refractivity contribution < 1.29 is 9.15 Å². The number of furan rings is 1. The van der Waals surface area contributed by atoms with E-state index in [9.17, 15) is 5.26 Å². The molecule has 8 heteroatoms. The zero-order valence-corrected chi connectivity index (χ0v) is 18.6. The van der Waals surface area contributed by atoms with Gasteiger partial charge in [0.1, 0.15) is 22.9 Å². The molecule has 1 aliphatic heterocycles. The molecule has 0 fully saturated rings. The molecular weight excluding hydrogens is 428 g/mol. The average molecular weight is 448 g/mol. The lowest BCUT2D eigenvalue weighted by molar-refractivity contribution is 0.358. The van der Waals surface area contributed by atoms with Crippen LogP contribution >= 0.6 is 0 Å². The van der Waals surface area contributed by atoms with Crippen LogP contribution in [0.2, 0.25) is 0 Å². The third kappa shape index (κ3) is 2.98. The van der Waals surface area contributed by atoms with Crippen LogP contribution in [0, 0.1) is 18.3 Å². The Bertz CT molecular complexity index is 1610. The first kappa shape index (κ1) is 19.9. The van der Waals surface area contributed by atoms with Gasteiger partial charge in [-0.1, -0.05) is 23.8 Å². The topological polar surface area (TPSA) is 108 Å². The summed E-state index contributed by atoms with van der Waals surface area (Å²) in [5.74, 6) is 0.725. The second kappa shape index (κ2) is 7.39. The number of fused-ring (bicyclic) bond motifs is 2. The Morgan fingerprint density at radius 3 is 2.68 bits per heavy atom. The smallest absolute Gasteiger partial charge is 0.224 e. The fraction of sp³-hybridized carbons (Fsp3) is 0.115. The molecule has 1 aliphatic rings. The summed E-state index contributed by atoms with van der Waals surface area (Å²) >= 11 is 0. The Morgan fingerprint density at radius 1 is 1.12 bits per heavy atom. The summed E-state index contributed by atoms with van der Waals surface area (Å²) in [6.07, 6.45) is 5.35. The summed E-state index contributed by atoms with van der Waals surface area (Å²) in [6, 6.07) is 18.2. The molecule has 6 rings (SSSR count). The molecule has 1 atom stereocenters. The maximum absolute atomic E-state index is 10.0. The van der Waals surface area contributed by atoms with Crippen LogP contribution in [-0.4, -0.2) is 19.3 Å². The molecule has 2 aromatic carbocycles. The number of imidazole rings is 1. The van der Waals surface area contributed by atoms with E-state index in [-0.39, 0.29) is 5.88 Å². The van der Waals surface area contributed by atoms with Crippen molar-refractivity contribution in [1.29, 1.82) is 5.26 Å². The molecule has 2 N–H and O–H groups in total. The van der Waals surface area contributed by atoms with E-state index >= 15 is 0 Å². The summed E-state index contributed by atoms with van der Waals surface area (Å²) in [6.45, 7) is 2.04. The maximum Gasteiger partial charge on any atom is 0.224 e. The molecule has 8 nitrogen and oxygen atoms in total. The van der Waals surface area contributed by atoms with E-state index in [1.807, 2.05) is 60.2 Å². The van der Waals surface area contributed by atoms with Crippen LogP contribution < -0.4 is 10.5 Å². The van der Waals surface area contributed by atoms with Crippen molar-refractivity contribution in [3.05, 3.63) is 95.4 Å². The summed E-state index contributed by atoms with van der Waals surface area (Å²) in [5.41, 5.74) is 11.7. The van der Waals surface area contributed by atoms with Crippen LogP contribution in [0.5, 0.6) is 5.88 Å². The minimum absolute atomic E-state index is 0.0773. The molecule has 1 unspecified atom stereocenters. The molecule has 0 saturated heterocycles. The van der Waals surface area contributed by atoms with Gasteiger partial charge in [0.2, 0.25) is 11.8 Å². The van der Waals surface area contributed by atoms with E-state index in [1.165, 1.54) is 0 Å². The fourth-order valence-electron chi connectivity index (χ4n) is 4.52. The summed E-state index contributed by atoms with van der Waals surface area (Å²) in [4.78, 5) is 4.11. The van der Waals surface area contributed by atoms with E-state index in [0.29, 0.717) is 22.9 Å². The van der Waals surface area contributed by atoms with Crippen molar-refractivity contribution in [2.24, 2.45) is 12.8 Å². The van der Waals surface area contributed by atoms with Gasteiger partial charge in [-0.3, -0.25) is 0 Å². The number of rotatable bonds is 3. The molecule has 4 heterocycles. The normalized spacial score (nSPS) is 15.3. The highest BCUT2D eigenvalue weighted by atomic mass is 16.5. The molecular formula is C26H20N6O2. The van der Waals surface area contributed by atoms with Crippen molar-refractivity contribution in [3.63, 3.8) is 0 Å². The van der Waals surface area contributed by atoms with E-state index < -0.39 is 5.92 Å². The SMILES string of the molecule is Cc1ccc2oc(-c3nn(C)c4c3C(c3ccc(-n5ccnc5)cc3)C(C#N)=C(N)O4)cc2c1. The number of allylic oxidation sites excluding steroid dienone is 1. The maximum atomic E-state index is 10.0. The van der Waals surface area contributed by atoms with Gasteiger partial charge in [0.05, 0.1) is 17.8 Å². The molecule has 0 radical (unpaired) electrons. The zero-order valence-electron chi connectivity index (χ0n) is 18.6. The highest BCUT2D eigenvalue weighted by molar-refractivity contribution is 5.84. The highest BCUT2D eigenvalue weighted by Gasteiger charge is 2.37. The Kier molecular flexibility index (Phi) is 4.32. The molecule has 34 heavy (non-hydrogen) atoms. The number of nitriles is 1. The van der Waals surface area contributed by atoms with E-state index in [4.69, 9.17) is 20.0 Å². The van der Waals surface area contributed by atoms with E-state index in [1.54, 1.807) is 24.3 Å². The quantitative estimate of drug-likeness (QED) is 0.434. The van der Waals surface area contributed by atoms with E-state index in [2.05, 4.69) is 17.1 Å². The molecule has 3 aromatic heterocycles. The molecule has 0 saturated carbocycles. The largest absolute Gasteiger partial charge is 0.454 e. The number of aromatic nitrogens is 4. The number of nitrogens with zero attached hydrogens (tertiary/aromatic N) is 5. The van der Waals surface area contributed by atoms with Gasteiger partial charge in [0.15, 0.2) is 5.76 Å². The predicted octanol–water partition coefficient (Wildman–Crippen LogP) is 4.55. The van der Waals surface area contributed by atoms with Gasteiger partial charge >= 0.3 is 0 Å². The van der Waals surface area contributed by atoms with Crippen molar-refractivity contribution in [1.82, 2.24) is 19.3 Å². The minimum Gasteiger partial charge on any atom is -0.454 e. The van der Waals surface area contributed by atoms with Crippen LogP contribution in [0.4, 0.5) is 0 Å². The lowest BCUT2D eigenvalue weighted by Crippen LogP contribution is -2.21. The molecule has 0 spiro atoms. The molecule has 166 valence electrons. The predicted molar refractivity (Wildman–Crippen MR) is 126 cm³/mol. The van der Waals surface area contributed by atoms with E-state index in [0.717, 1.165) is 33.3 Å². The first-order valence-electron chi connectivity index (χ1n) is 10.8. The van der Waals surface area contributed by atoms with Gasteiger partial charge in [-0.2, -0.15) is 10.4 Å². The third-order valence-corrected chi connectivity index (χ3v) is 6.13. The van der Waals surface area contributed by atoms with Gasteiger partial charge in [0.25, 0.3) is 0 Å². The fourth-order valence-corrected chi connectivity index (χ4v) is 4.52. The number of aryl methyl sites for hydroxylation is 2. The standard InChI is InChI=1S/C26H20N6O2/c1-15-3-8-20-17(11-15)12-21(33-20)24-23-22(19(13-27)25(28)34-26(23)31(2)30-24)16-4-6-18(7-5-16)32-10-9-29-14-32/h3-12,14,22H,28H2,1-2H3. The van der Waals surface area contributed by atoms with Gasteiger partial charge in [0, 0.05) is 30.5 Å². The van der Waals surface area contributed by atoms with Gasteiger partial charge in [-0.25, -0.2) is 9.67 Å².